The van der Waals surface area contributed by atoms with E-state index in [2.05, 4.69) is 41.5 Å². The zero-order valence-electron chi connectivity index (χ0n) is 33.8. The van der Waals surface area contributed by atoms with Crippen molar-refractivity contribution in [3.8, 4) is 34.1 Å². The van der Waals surface area contributed by atoms with Crippen molar-refractivity contribution in [1.82, 2.24) is 0 Å². The number of hydrogen-bond donors (Lipinski definition) is 4. The van der Waals surface area contributed by atoms with Crippen LogP contribution in [0.2, 0.25) is 0 Å². The Morgan fingerprint density at radius 1 is 0.446 bits per heavy atom. The van der Waals surface area contributed by atoms with Crippen LogP contribution >= 0.6 is 0 Å². The summed E-state index contributed by atoms with van der Waals surface area (Å²) in [4.78, 5) is 19.7. The molecule has 56 heavy (non-hydrogen) atoms. The van der Waals surface area contributed by atoms with Crippen molar-refractivity contribution >= 4 is 24.9 Å². The molecule has 0 aromatic heterocycles. The lowest BCUT2D eigenvalue weighted by molar-refractivity contribution is 0.390. The second-order valence-corrected chi connectivity index (χ2v) is 17.5. The number of phenols is 4. The normalized spacial score (nSPS) is 21.2. The number of nitrogens with zero attached hydrogens (tertiary/aromatic N) is 4. The SMILES string of the molecule is CC(C)(C)c1ccc(O)c(C=N[C@H]2CCCC[C@@H]2N=Cc2cccc(-c3cccc(C=N[C@H]4CCCC[C@@H]4N=Cc4cc(C(C)(C)C)ccc4O)c3O)c2O)c1. The average Bonchev–Trinajstić information content (AvgIpc) is 3.16. The van der Waals surface area contributed by atoms with Gasteiger partial charge in [0.25, 0.3) is 0 Å². The van der Waals surface area contributed by atoms with Crippen molar-refractivity contribution in [3.05, 3.63) is 106 Å². The van der Waals surface area contributed by atoms with Crippen LogP contribution in [0.25, 0.3) is 11.1 Å². The quantitative estimate of drug-likeness (QED) is 0.127. The van der Waals surface area contributed by atoms with Gasteiger partial charge < -0.3 is 20.4 Å². The first-order chi connectivity index (χ1) is 26.7. The Hall–Kier alpha value is -5.24. The molecule has 0 unspecified atom stereocenters. The van der Waals surface area contributed by atoms with E-state index in [1.165, 1.54) is 0 Å². The highest BCUT2D eigenvalue weighted by atomic mass is 16.3. The largest absolute Gasteiger partial charge is 0.507 e. The molecular formula is C48H58N4O4. The summed E-state index contributed by atoms with van der Waals surface area (Å²) in [5, 5.41) is 44.1. The summed E-state index contributed by atoms with van der Waals surface area (Å²) >= 11 is 0. The van der Waals surface area contributed by atoms with Crippen LogP contribution in [0.5, 0.6) is 23.0 Å². The molecule has 2 saturated carbocycles. The Morgan fingerprint density at radius 2 is 0.768 bits per heavy atom. The molecule has 294 valence electrons. The van der Waals surface area contributed by atoms with E-state index in [4.69, 9.17) is 20.0 Å². The molecule has 8 nitrogen and oxygen atoms in total. The summed E-state index contributed by atoms with van der Waals surface area (Å²) in [6.07, 6.45) is 14.8. The molecule has 8 heteroatoms. The minimum absolute atomic E-state index is 0.0377. The van der Waals surface area contributed by atoms with Gasteiger partial charge in [-0.05, 0) is 84.0 Å². The molecule has 0 spiro atoms. The smallest absolute Gasteiger partial charge is 0.132 e. The van der Waals surface area contributed by atoms with Gasteiger partial charge in [0.1, 0.15) is 23.0 Å². The molecule has 2 aliphatic rings. The second kappa shape index (κ2) is 17.3. The molecule has 0 amide bonds. The predicted molar refractivity (Wildman–Crippen MR) is 231 cm³/mol. The molecule has 0 bridgehead atoms. The van der Waals surface area contributed by atoms with Gasteiger partial charge >= 0.3 is 0 Å². The molecule has 4 aromatic carbocycles. The molecule has 2 aliphatic carbocycles. The van der Waals surface area contributed by atoms with Gasteiger partial charge in [-0.15, -0.1) is 0 Å². The van der Waals surface area contributed by atoms with Gasteiger partial charge in [0.15, 0.2) is 0 Å². The molecule has 4 aromatic rings. The van der Waals surface area contributed by atoms with Crippen LogP contribution in [0.3, 0.4) is 0 Å². The van der Waals surface area contributed by atoms with Crippen LogP contribution in [0.1, 0.15) is 126 Å². The van der Waals surface area contributed by atoms with Crippen molar-refractivity contribution in [3.63, 3.8) is 0 Å². The van der Waals surface area contributed by atoms with Gasteiger partial charge in [0.05, 0.1) is 24.2 Å². The lowest BCUT2D eigenvalue weighted by Crippen LogP contribution is -2.27. The molecule has 4 N–H and O–H groups in total. The molecule has 0 radical (unpaired) electrons. The van der Waals surface area contributed by atoms with E-state index in [-0.39, 0.29) is 58.0 Å². The van der Waals surface area contributed by atoms with Crippen LogP contribution in [0, 0.1) is 0 Å². The number of para-hydroxylation sites is 2. The molecule has 0 aliphatic heterocycles. The van der Waals surface area contributed by atoms with Gasteiger partial charge in [-0.25, -0.2) is 0 Å². The zero-order chi connectivity index (χ0) is 40.0. The highest BCUT2D eigenvalue weighted by molar-refractivity contribution is 5.93. The Kier molecular flexibility index (Phi) is 12.5. The Balaban J connectivity index is 1.19. The van der Waals surface area contributed by atoms with Crippen molar-refractivity contribution < 1.29 is 20.4 Å². The number of benzene rings is 4. The summed E-state index contributed by atoms with van der Waals surface area (Å²) in [5.41, 5.74) is 5.72. The van der Waals surface area contributed by atoms with E-state index >= 15 is 0 Å². The molecule has 0 saturated heterocycles. The van der Waals surface area contributed by atoms with E-state index in [0.717, 1.165) is 62.5 Å². The minimum atomic E-state index is -0.0590. The fourth-order valence-electron chi connectivity index (χ4n) is 7.60. The number of aliphatic imine (C=N–C) groups is 4. The maximum atomic E-state index is 11.5. The van der Waals surface area contributed by atoms with Crippen LogP contribution in [0.15, 0.2) is 92.8 Å². The van der Waals surface area contributed by atoms with Gasteiger partial charge in [-0.2, -0.15) is 0 Å². The first-order valence-electron chi connectivity index (χ1n) is 20.1. The first kappa shape index (κ1) is 40.4. The van der Waals surface area contributed by atoms with Gasteiger partial charge in [0.2, 0.25) is 0 Å². The highest BCUT2D eigenvalue weighted by Crippen LogP contribution is 2.39. The van der Waals surface area contributed by atoms with Crippen molar-refractivity contribution in [2.24, 2.45) is 20.0 Å². The van der Waals surface area contributed by atoms with Crippen LogP contribution < -0.4 is 0 Å². The van der Waals surface area contributed by atoms with E-state index < -0.39 is 0 Å². The zero-order valence-corrected chi connectivity index (χ0v) is 33.8. The van der Waals surface area contributed by atoms with Gasteiger partial charge in [-0.3, -0.25) is 20.0 Å². The number of hydrogen-bond acceptors (Lipinski definition) is 8. The Labute approximate surface area is 332 Å². The third-order valence-electron chi connectivity index (χ3n) is 11.2. The molecular weight excluding hydrogens is 697 g/mol. The second-order valence-electron chi connectivity index (χ2n) is 17.5. The molecule has 6 rings (SSSR count). The third-order valence-corrected chi connectivity index (χ3v) is 11.2. The summed E-state index contributed by atoms with van der Waals surface area (Å²) < 4.78 is 0. The summed E-state index contributed by atoms with van der Waals surface area (Å²) in [5.74, 6) is 0.503. The fraction of sp³-hybridized carbons (Fsp3) is 0.417. The summed E-state index contributed by atoms with van der Waals surface area (Å²) in [7, 11) is 0. The van der Waals surface area contributed by atoms with E-state index in [9.17, 15) is 20.4 Å². The first-order valence-corrected chi connectivity index (χ1v) is 20.1. The van der Waals surface area contributed by atoms with Crippen molar-refractivity contribution in [1.29, 1.82) is 0 Å². The van der Waals surface area contributed by atoms with E-state index in [1.54, 1.807) is 49.1 Å². The molecule has 4 atom stereocenters. The third kappa shape index (κ3) is 9.76. The van der Waals surface area contributed by atoms with Gasteiger partial charge in [0, 0.05) is 58.2 Å². The fourth-order valence-corrected chi connectivity index (χ4v) is 7.60. The van der Waals surface area contributed by atoms with E-state index in [0.29, 0.717) is 33.4 Å². The van der Waals surface area contributed by atoms with Gasteiger partial charge in [-0.1, -0.05) is 104 Å². The summed E-state index contributed by atoms with van der Waals surface area (Å²) in [6, 6.07) is 22.2. The van der Waals surface area contributed by atoms with Crippen LogP contribution in [0.4, 0.5) is 0 Å². The number of phenolic OH excluding ortho intramolecular Hbond substituents is 4. The summed E-state index contributed by atoms with van der Waals surface area (Å²) in [6.45, 7) is 12.9. The topological polar surface area (TPSA) is 130 Å². The van der Waals surface area contributed by atoms with Crippen LogP contribution in [-0.2, 0) is 10.8 Å². The number of rotatable bonds is 9. The lowest BCUT2D eigenvalue weighted by atomic mass is 9.86. The lowest BCUT2D eigenvalue weighted by Gasteiger charge is -2.26. The predicted octanol–water partition coefficient (Wildman–Crippen LogP) is 10.5. The molecule has 0 heterocycles. The average molecular weight is 755 g/mol. The maximum absolute atomic E-state index is 11.5. The van der Waals surface area contributed by atoms with E-state index in [1.807, 2.05) is 48.5 Å². The number of aromatic hydroxyl groups is 4. The molecule has 2 fully saturated rings. The highest BCUT2D eigenvalue weighted by Gasteiger charge is 2.26. The standard InChI is InChI=1S/C48H58N4O4/c1-47(2,3)35-21-23-43(53)33(25-35)29-51-41-19-9-7-17-39(41)49-27-31-13-11-15-37(45(31)55)38-16-12-14-32(46(38)56)28-50-40-18-8-10-20-42(40)52-30-34-26-36(48(4,5)6)22-24-44(34)54/h11-16,21-30,39-42,53-56H,7-10,17-20H2,1-6H3/t39-,40-,41-,42-/m0/s1. The van der Waals surface area contributed by atoms with Crippen LogP contribution in [-0.4, -0.2) is 69.5 Å². The Morgan fingerprint density at radius 3 is 1.09 bits per heavy atom. The minimum Gasteiger partial charge on any atom is -0.507 e. The van der Waals surface area contributed by atoms with Crippen molar-refractivity contribution in [2.45, 2.75) is 128 Å². The maximum Gasteiger partial charge on any atom is 0.132 e. The van der Waals surface area contributed by atoms with Crippen molar-refractivity contribution in [2.75, 3.05) is 0 Å². The monoisotopic (exact) mass is 754 g/mol. The Bertz CT molecular complexity index is 1970.